The van der Waals surface area contributed by atoms with Gasteiger partial charge in [0.2, 0.25) is 0 Å². The Balaban J connectivity index is 2.20. The summed E-state index contributed by atoms with van der Waals surface area (Å²) >= 11 is 2.01. The summed E-state index contributed by atoms with van der Waals surface area (Å²) in [6.45, 7) is 3.48. The third kappa shape index (κ3) is 3.88. The summed E-state index contributed by atoms with van der Waals surface area (Å²) in [6.07, 6.45) is 1.29. The van der Waals surface area contributed by atoms with Crippen LogP contribution >= 0.6 is 11.8 Å². The normalized spacial score (nSPS) is 24.1. The number of aliphatic carboxylic acids is 1. The Bertz CT molecular complexity index is 193. The molecule has 1 N–H and O–H groups in total. The molecule has 0 spiro atoms. The largest absolute Gasteiger partial charge is 0.481 e. The van der Waals surface area contributed by atoms with E-state index in [0.717, 1.165) is 12.5 Å². The fourth-order valence-electron chi connectivity index (χ4n) is 1.79. The first-order chi connectivity index (χ1) is 6.59. The Hall–Kier alpha value is -0.220. The van der Waals surface area contributed by atoms with E-state index in [2.05, 4.69) is 4.90 Å². The van der Waals surface area contributed by atoms with Gasteiger partial charge in [-0.3, -0.25) is 4.79 Å². The molecule has 82 valence electrons. The number of hydrogen-bond acceptors (Lipinski definition) is 3. The van der Waals surface area contributed by atoms with Crippen LogP contribution in [0.1, 0.15) is 13.3 Å². The molecule has 0 bridgehead atoms. The van der Waals surface area contributed by atoms with Gasteiger partial charge in [-0.25, -0.2) is 0 Å². The van der Waals surface area contributed by atoms with Crippen LogP contribution in [0.15, 0.2) is 0 Å². The Morgan fingerprint density at radius 3 is 2.93 bits per heavy atom. The Labute approximate surface area is 89.9 Å². The Morgan fingerprint density at radius 1 is 1.71 bits per heavy atom. The molecule has 0 aromatic heterocycles. The van der Waals surface area contributed by atoms with E-state index >= 15 is 0 Å². The van der Waals surface area contributed by atoms with Gasteiger partial charge in [0.25, 0.3) is 0 Å². The Kier molecular flexibility index (Phi) is 4.75. The third-order valence-corrected chi connectivity index (χ3v) is 3.83. The molecule has 1 heterocycles. The van der Waals surface area contributed by atoms with E-state index in [9.17, 15) is 4.79 Å². The van der Waals surface area contributed by atoms with Crippen LogP contribution in [0.4, 0.5) is 0 Å². The van der Waals surface area contributed by atoms with E-state index in [1.807, 2.05) is 18.8 Å². The van der Waals surface area contributed by atoms with Crippen molar-refractivity contribution in [1.29, 1.82) is 0 Å². The highest BCUT2D eigenvalue weighted by Crippen LogP contribution is 2.23. The van der Waals surface area contributed by atoms with E-state index in [-0.39, 0.29) is 5.92 Å². The van der Waals surface area contributed by atoms with Crippen molar-refractivity contribution in [3.63, 3.8) is 0 Å². The van der Waals surface area contributed by atoms with E-state index in [1.54, 1.807) is 6.92 Å². The molecule has 0 amide bonds. The fraction of sp³-hybridized carbons (Fsp3) is 0.900. The minimum absolute atomic E-state index is 0.256. The molecule has 1 rings (SSSR count). The zero-order valence-electron chi connectivity index (χ0n) is 8.90. The maximum atomic E-state index is 10.6. The summed E-state index contributed by atoms with van der Waals surface area (Å²) in [7, 11) is 2.02. The monoisotopic (exact) mass is 217 g/mol. The summed E-state index contributed by atoms with van der Waals surface area (Å²) in [6, 6.07) is 0. The molecule has 1 aliphatic heterocycles. The van der Waals surface area contributed by atoms with Gasteiger partial charge < -0.3 is 10.0 Å². The van der Waals surface area contributed by atoms with Crippen molar-refractivity contribution >= 4 is 17.7 Å². The van der Waals surface area contributed by atoms with Gasteiger partial charge in [-0.05, 0) is 30.9 Å². The van der Waals surface area contributed by atoms with Gasteiger partial charge in [0.15, 0.2) is 0 Å². The van der Waals surface area contributed by atoms with Gasteiger partial charge in [-0.15, -0.1) is 0 Å². The predicted molar refractivity (Wildman–Crippen MR) is 59.7 cm³/mol. The SMILES string of the molecule is CC(CN(C)CC1CCSC1)C(=O)O. The quantitative estimate of drug-likeness (QED) is 0.755. The number of carboxylic acids is 1. The standard InChI is InChI=1S/C10H19NO2S/c1-8(10(12)13)5-11(2)6-9-3-4-14-7-9/h8-9H,3-7H2,1-2H3,(H,12,13). The highest BCUT2D eigenvalue weighted by molar-refractivity contribution is 7.99. The van der Waals surface area contributed by atoms with Crippen LogP contribution in [-0.4, -0.2) is 47.6 Å². The lowest BCUT2D eigenvalue weighted by Crippen LogP contribution is -2.32. The van der Waals surface area contributed by atoms with Crippen molar-refractivity contribution in [2.75, 3.05) is 31.6 Å². The van der Waals surface area contributed by atoms with Crippen molar-refractivity contribution in [3.8, 4) is 0 Å². The van der Waals surface area contributed by atoms with Gasteiger partial charge in [-0.1, -0.05) is 6.92 Å². The fourth-order valence-corrected chi connectivity index (χ4v) is 3.06. The number of carbonyl (C=O) groups is 1. The lowest BCUT2D eigenvalue weighted by molar-refractivity contribution is -0.141. The summed E-state index contributed by atoms with van der Waals surface area (Å²) in [5.41, 5.74) is 0. The molecule has 0 radical (unpaired) electrons. The van der Waals surface area contributed by atoms with Crippen LogP contribution in [0, 0.1) is 11.8 Å². The van der Waals surface area contributed by atoms with Crippen molar-refractivity contribution in [2.24, 2.45) is 11.8 Å². The average molecular weight is 217 g/mol. The number of carboxylic acid groups (broad SMARTS) is 1. The van der Waals surface area contributed by atoms with Gasteiger partial charge in [-0.2, -0.15) is 11.8 Å². The second-order valence-electron chi connectivity index (χ2n) is 4.19. The van der Waals surface area contributed by atoms with Crippen LogP contribution in [-0.2, 0) is 4.79 Å². The number of thioether (sulfide) groups is 1. The van der Waals surface area contributed by atoms with Gasteiger partial charge in [0, 0.05) is 13.1 Å². The molecule has 0 aromatic rings. The molecule has 2 atom stereocenters. The molecule has 14 heavy (non-hydrogen) atoms. The highest BCUT2D eigenvalue weighted by Gasteiger charge is 2.19. The van der Waals surface area contributed by atoms with Crippen molar-refractivity contribution in [2.45, 2.75) is 13.3 Å². The van der Waals surface area contributed by atoms with Crippen LogP contribution < -0.4 is 0 Å². The summed E-state index contributed by atoms with van der Waals surface area (Å²) in [5.74, 6) is 2.33. The summed E-state index contributed by atoms with van der Waals surface area (Å²) in [4.78, 5) is 12.8. The molecule has 1 fully saturated rings. The average Bonchev–Trinajstić information content (AvgIpc) is 2.56. The summed E-state index contributed by atoms with van der Waals surface area (Å²) in [5, 5.41) is 8.76. The van der Waals surface area contributed by atoms with Crippen LogP contribution in [0.2, 0.25) is 0 Å². The predicted octanol–water partition coefficient (Wildman–Crippen LogP) is 1.39. The molecule has 0 saturated carbocycles. The number of hydrogen-bond donors (Lipinski definition) is 1. The second kappa shape index (κ2) is 5.61. The zero-order chi connectivity index (χ0) is 10.6. The first-order valence-corrected chi connectivity index (χ1v) is 6.24. The molecule has 1 aliphatic rings. The molecule has 3 nitrogen and oxygen atoms in total. The lowest BCUT2D eigenvalue weighted by Gasteiger charge is -2.21. The van der Waals surface area contributed by atoms with E-state index in [4.69, 9.17) is 5.11 Å². The molecule has 1 saturated heterocycles. The maximum Gasteiger partial charge on any atom is 0.307 e. The van der Waals surface area contributed by atoms with E-state index in [0.29, 0.717) is 6.54 Å². The van der Waals surface area contributed by atoms with Crippen molar-refractivity contribution < 1.29 is 9.90 Å². The van der Waals surface area contributed by atoms with E-state index in [1.165, 1.54) is 17.9 Å². The molecule has 4 heteroatoms. The minimum atomic E-state index is -0.697. The number of nitrogens with zero attached hydrogens (tertiary/aromatic N) is 1. The van der Waals surface area contributed by atoms with Crippen molar-refractivity contribution in [3.05, 3.63) is 0 Å². The van der Waals surface area contributed by atoms with Gasteiger partial charge in [0.1, 0.15) is 0 Å². The first-order valence-electron chi connectivity index (χ1n) is 5.08. The second-order valence-corrected chi connectivity index (χ2v) is 5.34. The first kappa shape index (κ1) is 11.9. The summed E-state index contributed by atoms with van der Waals surface area (Å²) < 4.78 is 0. The molecular weight excluding hydrogens is 198 g/mol. The Morgan fingerprint density at radius 2 is 2.43 bits per heavy atom. The van der Waals surface area contributed by atoms with Gasteiger partial charge >= 0.3 is 5.97 Å². The lowest BCUT2D eigenvalue weighted by atomic mass is 10.1. The smallest absolute Gasteiger partial charge is 0.307 e. The molecule has 0 aromatic carbocycles. The third-order valence-electron chi connectivity index (χ3n) is 2.60. The van der Waals surface area contributed by atoms with Crippen LogP contribution in [0.5, 0.6) is 0 Å². The maximum absolute atomic E-state index is 10.6. The molecular formula is C10H19NO2S. The minimum Gasteiger partial charge on any atom is -0.481 e. The highest BCUT2D eigenvalue weighted by atomic mass is 32.2. The van der Waals surface area contributed by atoms with Crippen molar-refractivity contribution in [1.82, 2.24) is 4.90 Å². The van der Waals surface area contributed by atoms with Crippen LogP contribution in [0.25, 0.3) is 0 Å². The van der Waals surface area contributed by atoms with E-state index < -0.39 is 5.97 Å². The number of rotatable bonds is 5. The topological polar surface area (TPSA) is 40.5 Å². The van der Waals surface area contributed by atoms with Gasteiger partial charge in [0.05, 0.1) is 5.92 Å². The van der Waals surface area contributed by atoms with Crippen LogP contribution in [0.3, 0.4) is 0 Å². The zero-order valence-corrected chi connectivity index (χ0v) is 9.72. The molecule has 2 unspecified atom stereocenters. The molecule has 0 aliphatic carbocycles.